The first-order valence-corrected chi connectivity index (χ1v) is 11.5. The van der Waals surface area contributed by atoms with Gasteiger partial charge in [-0.25, -0.2) is 4.79 Å². The fraction of sp³-hybridized carbons (Fsp3) is 0.737. The molecule has 184 valence electrons. The predicted molar refractivity (Wildman–Crippen MR) is 118 cm³/mol. The fourth-order valence-electron chi connectivity index (χ4n) is 2.61. The van der Waals surface area contributed by atoms with Gasteiger partial charge < -0.3 is 37.0 Å². The smallest absolute Gasteiger partial charge is 0.326 e. The summed E-state index contributed by atoms with van der Waals surface area (Å²) in [4.78, 5) is 59.6. The van der Waals surface area contributed by atoms with Gasteiger partial charge in [-0.15, -0.1) is 0 Å². The van der Waals surface area contributed by atoms with Crippen LogP contribution < -0.4 is 21.7 Å². The number of carboxylic acid groups (broad SMARTS) is 2. The van der Waals surface area contributed by atoms with Crippen LogP contribution in [0.25, 0.3) is 0 Å². The standard InChI is InChI=1S/C19H34N4O8S/c1-9(2)14(19(30)31)22-18(29)15(10(3)24)23-17(28)12(7-8-32-4)21-16(27)11(20)5-6-13(25)26/h9-12,14-15,24H,5-8,20H2,1-4H3,(H,21,27)(H,22,29)(H,23,28)(H,25,26)(H,30,31). The minimum atomic E-state index is -1.46. The number of carbonyl (C=O) groups is 5. The minimum Gasteiger partial charge on any atom is -0.481 e. The summed E-state index contributed by atoms with van der Waals surface area (Å²) in [5, 5.41) is 35.0. The average Bonchev–Trinajstić information content (AvgIpc) is 2.69. The molecule has 0 fully saturated rings. The van der Waals surface area contributed by atoms with Gasteiger partial charge >= 0.3 is 11.9 Å². The van der Waals surface area contributed by atoms with E-state index in [-0.39, 0.29) is 19.3 Å². The van der Waals surface area contributed by atoms with E-state index in [4.69, 9.17) is 10.8 Å². The molecule has 0 bridgehead atoms. The van der Waals surface area contributed by atoms with Gasteiger partial charge in [-0.05, 0) is 37.7 Å². The lowest BCUT2D eigenvalue weighted by molar-refractivity contribution is -0.144. The number of aliphatic carboxylic acids is 2. The van der Waals surface area contributed by atoms with Crippen molar-refractivity contribution >= 4 is 41.4 Å². The van der Waals surface area contributed by atoms with E-state index in [2.05, 4.69) is 16.0 Å². The zero-order valence-corrected chi connectivity index (χ0v) is 19.5. The van der Waals surface area contributed by atoms with Crippen LogP contribution in [0, 0.1) is 5.92 Å². The van der Waals surface area contributed by atoms with E-state index in [0.717, 1.165) is 0 Å². The maximum atomic E-state index is 12.8. The van der Waals surface area contributed by atoms with Crippen molar-refractivity contribution in [2.75, 3.05) is 12.0 Å². The molecule has 0 aliphatic rings. The van der Waals surface area contributed by atoms with E-state index < -0.39 is 65.8 Å². The van der Waals surface area contributed by atoms with Crippen molar-refractivity contribution in [2.24, 2.45) is 11.7 Å². The van der Waals surface area contributed by atoms with Crippen molar-refractivity contribution in [2.45, 2.75) is 70.3 Å². The number of nitrogens with two attached hydrogens (primary N) is 1. The number of amides is 3. The molecule has 0 aliphatic heterocycles. The van der Waals surface area contributed by atoms with Crippen molar-refractivity contribution in [1.29, 1.82) is 0 Å². The largest absolute Gasteiger partial charge is 0.481 e. The van der Waals surface area contributed by atoms with Crippen LogP contribution in [0.15, 0.2) is 0 Å². The number of hydrogen-bond acceptors (Lipinski definition) is 8. The van der Waals surface area contributed by atoms with Crippen LogP contribution in [0.1, 0.15) is 40.0 Å². The van der Waals surface area contributed by atoms with E-state index in [1.165, 1.54) is 18.7 Å². The molecule has 12 nitrogen and oxygen atoms in total. The summed E-state index contributed by atoms with van der Waals surface area (Å²) in [6.07, 6.45) is 0.181. The number of carbonyl (C=O) groups excluding carboxylic acids is 3. The first kappa shape index (κ1) is 29.6. The third-order valence-electron chi connectivity index (χ3n) is 4.54. The van der Waals surface area contributed by atoms with Gasteiger partial charge in [0, 0.05) is 6.42 Å². The topological polar surface area (TPSA) is 208 Å². The van der Waals surface area contributed by atoms with Crippen LogP contribution in [0.2, 0.25) is 0 Å². The van der Waals surface area contributed by atoms with Gasteiger partial charge in [0.05, 0.1) is 12.1 Å². The van der Waals surface area contributed by atoms with Crippen LogP contribution in [0.3, 0.4) is 0 Å². The second-order valence-electron chi connectivity index (χ2n) is 7.68. The molecule has 5 atom stereocenters. The number of nitrogens with one attached hydrogen (secondary N) is 3. The van der Waals surface area contributed by atoms with Gasteiger partial charge in [0.2, 0.25) is 17.7 Å². The van der Waals surface area contributed by atoms with Gasteiger partial charge in [-0.2, -0.15) is 11.8 Å². The second kappa shape index (κ2) is 14.6. The number of carboxylic acids is 2. The average molecular weight is 479 g/mol. The molecule has 0 aromatic rings. The predicted octanol–water partition coefficient (Wildman–Crippen LogP) is -1.49. The maximum Gasteiger partial charge on any atom is 0.326 e. The van der Waals surface area contributed by atoms with Gasteiger partial charge in [-0.3, -0.25) is 19.2 Å². The minimum absolute atomic E-state index is 0.123. The Kier molecular flexibility index (Phi) is 13.5. The first-order valence-electron chi connectivity index (χ1n) is 10.1. The normalized spacial score (nSPS) is 15.7. The van der Waals surface area contributed by atoms with Crippen LogP contribution >= 0.6 is 11.8 Å². The zero-order chi connectivity index (χ0) is 25.0. The number of aliphatic hydroxyl groups excluding tert-OH is 1. The third kappa shape index (κ3) is 10.8. The number of aliphatic hydroxyl groups is 1. The Morgan fingerprint density at radius 3 is 1.88 bits per heavy atom. The van der Waals surface area contributed by atoms with Crippen molar-refractivity contribution in [3.8, 4) is 0 Å². The molecule has 8 N–H and O–H groups in total. The molecule has 0 aliphatic carbocycles. The zero-order valence-electron chi connectivity index (χ0n) is 18.7. The molecule has 13 heteroatoms. The Balaban J connectivity index is 5.34. The lowest BCUT2D eigenvalue weighted by Gasteiger charge is -2.27. The highest BCUT2D eigenvalue weighted by Crippen LogP contribution is 2.06. The summed E-state index contributed by atoms with van der Waals surface area (Å²) in [5.41, 5.74) is 5.68. The molecule has 5 unspecified atom stereocenters. The van der Waals surface area contributed by atoms with Crippen LogP contribution in [0.5, 0.6) is 0 Å². The van der Waals surface area contributed by atoms with E-state index in [1.54, 1.807) is 20.1 Å². The fourth-order valence-corrected chi connectivity index (χ4v) is 3.08. The summed E-state index contributed by atoms with van der Waals surface area (Å²) in [5.74, 6) is -4.72. The molecule has 0 radical (unpaired) electrons. The van der Waals surface area contributed by atoms with Crippen molar-refractivity contribution in [3.05, 3.63) is 0 Å². The first-order chi connectivity index (χ1) is 14.8. The molecule has 0 heterocycles. The molecule has 0 aromatic carbocycles. The number of thioether (sulfide) groups is 1. The summed E-state index contributed by atoms with van der Waals surface area (Å²) in [6.45, 7) is 4.44. The van der Waals surface area contributed by atoms with Crippen LogP contribution in [-0.4, -0.2) is 87.3 Å². The third-order valence-corrected chi connectivity index (χ3v) is 5.19. The SMILES string of the molecule is CSCCC(NC(=O)C(N)CCC(=O)O)C(=O)NC(C(=O)NC(C(=O)O)C(C)C)C(C)O. The summed E-state index contributed by atoms with van der Waals surface area (Å²) in [7, 11) is 0. The monoisotopic (exact) mass is 478 g/mol. The van der Waals surface area contributed by atoms with Crippen molar-refractivity contribution in [1.82, 2.24) is 16.0 Å². The molecular weight excluding hydrogens is 444 g/mol. The molecule has 0 saturated carbocycles. The van der Waals surface area contributed by atoms with E-state index in [1.807, 2.05) is 0 Å². The van der Waals surface area contributed by atoms with E-state index in [9.17, 15) is 34.2 Å². The molecule has 0 rings (SSSR count). The molecular formula is C19H34N4O8S. The molecule has 32 heavy (non-hydrogen) atoms. The summed E-state index contributed by atoms with van der Waals surface area (Å²) < 4.78 is 0. The van der Waals surface area contributed by atoms with Crippen LogP contribution in [-0.2, 0) is 24.0 Å². The van der Waals surface area contributed by atoms with E-state index >= 15 is 0 Å². The Morgan fingerprint density at radius 2 is 1.44 bits per heavy atom. The van der Waals surface area contributed by atoms with Gasteiger partial charge in [0.25, 0.3) is 0 Å². The molecule has 0 spiro atoms. The Morgan fingerprint density at radius 1 is 0.875 bits per heavy atom. The quantitative estimate of drug-likeness (QED) is 0.145. The highest BCUT2D eigenvalue weighted by Gasteiger charge is 2.33. The van der Waals surface area contributed by atoms with E-state index in [0.29, 0.717) is 5.75 Å². The van der Waals surface area contributed by atoms with Crippen molar-refractivity contribution in [3.63, 3.8) is 0 Å². The highest BCUT2D eigenvalue weighted by molar-refractivity contribution is 7.98. The highest BCUT2D eigenvalue weighted by atomic mass is 32.2. The summed E-state index contributed by atoms with van der Waals surface area (Å²) in [6, 6.07) is -4.92. The molecule has 3 amide bonds. The number of rotatable bonds is 15. The second-order valence-corrected chi connectivity index (χ2v) is 8.66. The molecule has 0 aromatic heterocycles. The summed E-state index contributed by atoms with van der Waals surface area (Å²) >= 11 is 1.41. The van der Waals surface area contributed by atoms with Crippen LogP contribution in [0.4, 0.5) is 0 Å². The number of hydrogen-bond donors (Lipinski definition) is 7. The van der Waals surface area contributed by atoms with Gasteiger partial charge in [0.1, 0.15) is 18.1 Å². The Bertz CT molecular complexity index is 674. The maximum absolute atomic E-state index is 12.8. The Hall–Kier alpha value is -2.38. The van der Waals surface area contributed by atoms with Gasteiger partial charge in [-0.1, -0.05) is 13.8 Å². The lowest BCUT2D eigenvalue weighted by atomic mass is 10.0. The van der Waals surface area contributed by atoms with Crippen molar-refractivity contribution < 1.29 is 39.3 Å². The van der Waals surface area contributed by atoms with Gasteiger partial charge in [0.15, 0.2) is 0 Å². The lowest BCUT2D eigenvalue weighted by Crippen LogP contribution is -2.60. The Labute approximate surface area is 191 Å². The molecule has 0 saturated heterocycles.